The number of benzene rings is 1. The van der Waals surface area contributed by atoms with Crippen molar-refractivity contribution in [3.63, 3.8) is 0 Å². The molecule has 2 aromatic heterocycles. The number of hydrogen-bond acceptors (Lipinski definition) is 6. The first kappa shape index (κ1) is 28.1. The molecule has 0 aliphatic rings. The van der Waals surface area contributed by atoms with Gasteiger partial charge in [0.2, 0.25) is 0 Å². The van der Waals surface area contributed by atoms with E-state index in [1.165, 1.54) is 66.9 Å². The van der Waals surface area contributed by atoms with Crippen molar-refractivity contribution in [2.75, 3.05) is 0 Å². The zero-order valence-corrected chi connectivity index (χ0v) is 25.3. The third kappa shape index (κ3) is 6.84. The summed E-state index contributed by atoms with van der Waals surface area (Å²) in [5.74, 6) is 0. The van der Waals surface area contributed by atoms with Gasteiger partial charge in [-0.25, -0.2) is 0 Å². The third-order valence-corrected chi connectivity index (χ3v) is 27.3. The van der Waals surface area contributed by atoms with Crippen LogP contribution in [0.4, 0.5) is 5.69 Å². The van der Waals surface area contributed by atoms with Crippen LogP contribution in [-0.2, 0) is 16.6 Å². The number of unbranched alkanes of at least 4 members (excludes halogenated alkanes) is 3. The molecule has 0 radical (unpaired) electrons. The van der Waals surface area contributed by atoms with Crippen molar-refractivity contribution in [1.82, 2.24) is 14.1 Å². The summed E-state index contributed by atoms with van der Waals surface area (Å²) in [7, 11) is -3.83. The van der Waals surface area contributed by atoms with Crippen LogP contribution in [-0.4, -0.2) is 41.1 Å². The van der Waals surface area contributed by atoms with Crippen molar-refractivity contribution < 1.29 is 13.3 Å². The minimum absolute atomic E-state index is 0.0254. The number of fused-ring (bicyclic) bond motifs is 1. The molecule has 0 saturated heterocycles. The molecule has 1 N–H and O–H groups in total. The van der Waals surface area contributed by atoms with Gasteiger partial charge in [-0.3, -0.25) is 10.1 Å². The monoisotopic (exact) mass is 628 g/mol. The average Bonchev–Trinajstić information content (AvgIpc) is 3.44. The first-order valence-corrected chi connectivity index (χ1v) is 22.2. The summed E-state index contributed by atoms with van der Waals surface area (Å²) in [5.41, 5.74) is 0.623. The average molecular weight is 627 g/mol. The van der Waals surface area contributed by atoms with Gasteiger partial charge in [-0.15, -0.1) is 0 Å². The number of nitrogens with zero attached hydrogens (tertiary/aromatic N) is 3. The molecule has 2 heterocycles. The Balaban J connectivity index is 1.89. The molecule has 0 fully saturated rings. The second-order valence-electron chi connectivity index (χ2n) is 9.20. The van der Waals surface area contributed by atoms with Gasteiger partial charge in [0.05, 0.1) is 0 Å². The Morgan fingerprint density at radius 2 is 1.60 bits per heavy atom. The summed E-state index contributed by atoms with van der Waals surface area (Å²) < 4.78 is 36.3. The maximum absolute atomic E-state index is 13.2. The molecule has 0 aliphatic heterocycles. The first-order chi connectivity index (χ1) is 16.8. The van der Waals surface area contributed by atoms with Crippen molar-refractivity contribution in [3.05, 3.63) is 52.5 Å². The Kier molecular flexibility index (Phi) is 10.1. The van der Waals surface area contributed by atoms with E-state index in [9.17, 15) is 18.5 Å². The van der Waals surface area contributed by atoms with Crippen LogP contribution in [0.15, 0.2) is 41.8 Å². The van der Waals surface area contributed by atoms with Crippen LogP contribution in [0.2, 0.25) is 13.3 Å². The summed E-state index contributed by atoms with van der Waals surface area (Å²) in [5, 5.41) is 10.9. The van der Waals surface area contributed by atoms with Crippen molar-refractivity contribution in [1.29, 1.82) is 0 Å². The molecule has 0 amide bonds. The number of imidazole rings is 1. The fourth-order valence-corrected chi connectivity index (χ4v) is 25.9. The minimum atomic E-state index is -3.83. The van der Waals surface area contributed by atoms with Gasteiger partial charge in [0, 0.05) is 0 Å². The molecule has 0 unspecified atom stereocenters. The Morgan fingerprint density at radius 1 is 1.03 bits per heavy atom. The molecule has 35 heavy (non-hydrogen) atoms. The van der Waals surface area contributed by atoms with Crippen molar-refractivity contribution >= 4 is 53.1 Å². The molecule has 0 bridgehead atoms. The van der Waals surface area contributed by atoms with Gasteiger partial charge in [-0.1, -0.05) is 0 Å². The number of aromatic nitrogens is 2. The number of thiazole rings is 1. The standard InChI is InChI=1S/C12H9N4O4S2.3C4H9.Sn/c17-16(18)10-3-1-9(2-4-10)7-14-22(19,20)11-12-15(8-13-11)5-6-21-12;3*1-3-4-2;/h1-5,8,14H,7H2;3*1,3-4H2,2H3;. The Morgan fingerprint density at radius 3 is 2.11 bits per heavy atom. The van der Waals surface area contributed by atoms with Gasteiger partial charge in [0.1, 0.15) is 0 Å². The Hall–Kier alpha value is -1.50. The van der Waals surface area contributed by atoms with E-state index in [4.69, 9.17) is 0 Å². The number of sulfonamides is 1. The molecular weight excluding hydrogens is 591 g/mol. The number of nitro groups is 1. The van der Waals surface area contributed by atoms with E-state index < -0.39 is 33.3 Å². The summed E-state index contributed by atoms with van der Waals surface area (Å²) in [6.45, 7) is 6.80. The topological polar surface area (TPSA) is 107 Å². The van der Waals surface area contributed by atoms with Gasteiger partial charge in [0.15, 0.2) is 0 Å². The zero-order valence-electron chi connectivity index (χ0n) is 20.8. The SMILES string of the molecule is CCC[CH2][Sn]([CH2]CCC)([CH2]CCC)[c]1cn2cnc(S(=O)(=O)NCc3ccc([N+](=O)[O-])cc3)c2s1. The van der Waals surface area contributed by atoms with E-state index >= 15 is 0 Å². The van der Waals surface area contributed by atoms with Crippen LogP contribution in [0.25, 0.3) is 4.83 Å². The predicted molar refractivity (Wildman–Crippen MR) is 145 cm³/mol. The summed E-state index contributed by atoms with van der Waals surface area (Å²) in [6, 6.07) is 5.87. The van der Waals surface area contributed by atoms with Crippen LogP contribution in [0.5, 0.6) is 0 Å². The molecule has 3 aromatic rings. The molecule has 0 atom stereocenters. The van der Waals surface area contributed by atoms with E-state index in [1.807, 2.05) is 4.40 Å². The quantitative estimate of drug-likeness (QED) is 0.130. The van der Waals surface area contributed by atoms with Crippen molar-refractivity contribution in [3.8, 4) is 0 Å². The fraction of sp³-hybridized carbons (Fsp3) is 0.542. The second-order valence-corrected chi connectivity index (χ2v) is 26.1. The maximum atomic E-state index is 13.2. The van der Waals surface area contributed by atoms with Crippen molar-refractivity contribution in [2.45, 2.75) is 84.2 Å². The van der Waals surface area contributed by atoms with Gasteiger partial charge in [0.25, 0.3) is 0 Å². The van der Waals surface area contributed by atoms with Gasteiger partial charge < -0.3 is 0 Å². The van der Waals surface area contributed by atoms with Crippen LogP contribution >= 0.6 is 11.3 Å². The van der Waals surface area contributed by atoms with Crippen LogP contribution in [0, 0.1) is 10.1 Å². The number of rotatable bonds is 15. The fourth-order valence-electron chi connectivity index (χ4n) is 4.48. The summed E-state index contributed by atoms with van der Waals surface area (Å²) in [6.07, 6.45) is 11.1. The van der Waals surface area contributed by atoms with Crippen molar-refractivity contribution in [2.24, 2.45) is 0 Å². The van der Waals surface area contributed by atoms with E-state index in [0.29, 0.717) is 10.4 Å². The van der Waals surface area contributed by atoms with E-state index in [1.54, 1.807) is 29.8 Å². The molecule has 3 rings (SSSR count). The number of nitro benzene ring substituents is 1. The van der Waals surface area contributed by atoms with E-state index in [2.05, 4.69) is 36.7 Å². The first-order valence-electron chi connectivity index (χ1n) is 12.5. The summed E-state index contributed by atoms with van der Waals surface area (Å²) in [4.78, 5) is 15.3. The predicted octanol–water partition coefficient (Wildman–Crippen LogP) is 5.84. The second kappa shape index (κ2) is 12.6. The Labute approximate surface area is 216 Å². The molecule has 0 spiro atoms. The Bertz CT molecular complexity index is 1200. The number of hydrogen-bond donors (Lipinski definition) is 1. The number of nitrogens with one attached hydrogen (secondary N) is 1. The van der Waals surface area contributed by atoms with Gasteiger partial charge in [-0.2, -0.15) is 0 Å². The van der Waals surface area contributed by atoms with E-state index in [0.717, 1.165) is 0 Å². The van der Waals surface area contributed by atoms with Gasteiger partial charge in [-0.05, 0) is 0 Å². The summed E-state index contributed by atoms with van der Waals surface area (Å²) >= 11 is -1.04. The molecule has 8 nitrogen and oxygen atoms in total. The van der Waals surface area contributed by atoms with Crippen LogP contribution in [0.1, 0.15) is 64.9 Å². The molecule has 0 saturated carbocycles. The normalized spacial score (nSPS) is 12.4. The molecule has 0 aliphatic carbocycles. The molecule has 1 aromatic carbocycles. The molecular formula is C24H36N4O4S2Sn. The number of non-ortho nitro benzene ring substituents is 1. The van der Waals surface area contributed by atoms with E-state index in [-0.39, 0.29) is 17.3 Å². The molecule has 192 valence electrons. The van der Waals surface area contributed by atoms with Gasteiger partial charge >= 0.3 is 207 Å². The molecule has 11 heteroatoms. The zero-order chi connectivity index (χ0) is 25.5. The van der Waals surface area contributed by atoms with Crippen LogP contribution in [0.3, 0.4) is 0 Å². The van der Waals surface area contributed by atoms with Crippen LogP contribution < -0.4 is 7.62 Å². The third-order valence-electron chi connectivity index (χ3n) is 6.60.